The van der Waals surface area contributed by atoms with E-state index < -0.39 is 0 Å². The number of pyridine rings is 1. The van der Waals surface area contributed by atoms with Crippen LogP contribution in [0.15, 0.2) is 73.6 Å². The number of nitrogens with one attached hydrogen (secondary N) is 2. The Morgan fingerprint density at radius 1 is 1.03 bits per heavy atom. The van der Waals surface area contributed by atoms with Gasteiger partial charge >= 0.3 is 0 Å². The molecule has 6 rings (SSSR count). The van der Waals surface area contributed by atoms with Crippen LogP contribution in [-0.4, -0.2) is 38.2 Å². The molecule has 0 aliphatic carbocycles. The number of hydrogen-bond donors (Lipinski definition) is 2. The fraction of sp³-hybridized carbons (Fsp3) is 0.250. The van der Waals surface area contributed by atoms with Crippen LogP contribution in [0.25, 0.3) is 39.0 Å². The van der Waals surface area contributed by atoms with E-state index >= 15 is 0 Å². The number of benzene rings is 1. The van der Waals surface area contributed by atoms with Gasteiger partial charge in [-0.2, -0.15) is 5.10 Å². The molecule has 1 aromatic carbocycles. The molecule has 1 aliphatic heterocycles. The van der Waals surface area contributed by atoms with E-state index in [1.165, 1.54) is 58.8 Å². The lowest BCUT2D eigenvalue weighted by atomic mass is 10.0. The number of hydrogen-bond acceptors (Lipinski definition) is 4. The normalized spacial score (nSPS) is 14.8. The maximum Gasteiger partial charge on any atom is 0.116 e. The first-order valence-corrected chi connectivity index (χ1v) is 14.2. The van der Waals surface area contributed by atoms with E-state index in [1.54, 1.807) is 11.3 Å². The number of thiophene rings is 1. The fourth-order valence-electron chi connectivity index (χ4n) is 5.47. The van der Waals surface area contributed by atoms with Crippen LogP contribution in [0.1, 0.15) is 45.8 Å². The van der Waals surface area contributed by atoms with Crippen molar-refractivity contribution in [2.24, 2.45) is 0 Å². The number of nitrogens with zero attached hydrogens (tertiary/aromatic N) is 3. The quantitative estimate of drug-likeness (QED) is 0.215. The summed E-state index contributed by atoms with van der Waals surface area (Å²) in [6, 6.07) is 15.4. The van der Waals surface area contributed by atoms with Crippen molar-refractivity contribution in [3.05, 3.63) is 100 Å². The van der Waals surface area contributed by atoms with Crippen molar-refractivity contribution in [3.8, 4) is 22.5 Å². The average molecular weight is 520 g/mol. The molecule has 1 saturated heterocycles. The van der Waals surface area contributed by atoms with Crippen LogP contribution in [0.4, 0.5) is 0 Å². The van der Waals surface area contributed by atoms with Gasteiger partial charge in [0.25, 0.3) is 0 Å². The van der Waals surface area contributed by atoms with Gasteiger partial charge in [-0.05, 0) is 87.3 Å². The zero-order valence-electron chi connectivity index (χ0n) is 22.1. The van der Waals surface area contributed by atoms with Crippen molar-refractivity contribution in [1.82, 2.24) is 25.1 Å². The highest BCUT2D eigenvalue weighted by Gasteiger charge is 2.17. The molecule has 0 unspecified atom stereocenters. The summed E-state index contributed by atoms with van der Waals surface area (Å²) < 4.78 is 0. The molecule has 1 fully saturated rings. The first kappa shape index (κ1) is 24.6. The predicted octanol–water partition coefficient (Wildman–Crippen LogP) is 7.90. The van der Waals surface area contributed by atoms with E-state index in [-0.39, 0.29) is 0 Å². The van der Waals surface area contributed by atoms with Crippen LogP contribution in [0.5, 0.6) is 0 Å². The highest BCUT2D eigenvalue weighted by atomic mass is 32.1. The summed E-state index contributed by atoms with van der Waals surface area (Å²) in [4.78, 5) is 13.3. The van der Waals surface area contributed by atoms with E-state index in [1.807, 2.05) is 18.5 Å². The Balaban J connectivity index is 1.34. The van der Waals surface area contributed by atoms with Crippen LogP contribution in [-0.2, 0) is 6.54 Å². The molecule has 2 N–H and O–H groups in total. The van der Waals surface area contributed by atoms with Crippen molar-refractivity contribution in [3.63, 3.8) is 0 Å². The number of aryl methyl sites for hydroxylation is 2. The summed E-state index contributed by atoms with van der Waals surface area (Å²) in [6.07, 6.45) is 11.9. The highest BCUT2D eigenvalue weighted by molar-refractivity contribution is 7.13. The second-order valence-electron chi connectivity index (χ2n) is 10.2. The smallest absolute Gasteiger partial charge is 0.116 e. The van der Waals surface area contributed by atoms with Gasteiger partial charge in [0, 0.05) is 56.5 Å². The predicted molar refractivity (Wildman–Crippen MR) is 159 cm³/mol. The van der Waals surface area contributed by atoms with Crippen molar-refractivity contribution in [2.75, 3.05) is 13.1 Å². The van der Waals surface area contributed by atoms with Crippen LogP contribution < -0.4 is 0 Å². The molecule has 0 bridgehead atoms. The molecule has 5 nitrogen and oxygen atoms in total. The molecule has 5 aromatic rings. The number of piperidine rings is 1. The summed E-state index contributed by atoms with van der Waals surface area (Å²) in [5.74, 6) is 0. The van der Waals surface area contributed by atoms with Gasteiger partial charge in [-0.3, -0.25) is 15.0 Å². The van der Waals surface area contributed by atoms with E-state index in [0.29, 0.717) is 0 Å². The standard InChI is InChI=1S/C32H33N5S/c1-4-8-26(31-12-9-21(2)38-31)27-17-30(34-22(27)3)32-28-16-24(10-11-29(28)35-36-32)25-15-23(18-33-19-25)20-37-13-6-5-7-14-37/h4,8-12,15-19,34H,1,5-7,13-14,20H2,2-3H3,(H,35,36)/b26-8+. The molecule has 6 heteroatoms. The minimum Gasteiger partial charge on any atom is -0.357 e. The van der Waals surface area contributed by atoms with Crippen LogP contribution >= 0.6 is 11.3 Å². The Kier molecular flexibility index (Phi) is 6.83. The van der Waals surface area contributed by atoms with Gasteiger partial charge in [0.2, 0.25) is 0 Å². The second-order valence-corrected chi connectivity index (χ2v) is 11.5. The van der Waals surface area contributed by atoms with Gasteiger partial charge in [-0.25, -0.2) is 0 Å². The summed E-state index contributed by atoms with van der Waals surface area (Å²) in [5, 5.41) is 9.04. The van der Waals surface area contributed by atoms with Gasteiger partial charge in [0.1, 0.15) is 5.69 Å². The van der Waals surface area contributed by atoms with Crippen molar-refractivity contribution in [1.29, 1.82) is 0 Å². The van der Waals surface area contributed by atoms with E-state index in [0.717, 1.165) is 45.7 Å². The molecule has 0 saturated carbocycles. The first-order chi connectivity index (χ1) is 18.6. The molecule has 0 atom stereocenters. The molecule has 38 heavy (non-hydrogen) atoms. The van der Waals surface area contributed by atoms with Gasteiger partial charge in [0.05, 0.1) is 11.2 Å². The van der Waals surface area contributed by atoms with Crippen molar-refractivity contribution >= 4 is 27.8 Å². The molecule has 0 radical (unpaired) electrons. The van der Waals surface area contributed by atoms with Gasteiger partial charge in [-0.15, -0.1) is 11.3 Å². The molecule has 1 aliphatic rings. The van der Waals surface area contributed by atoms with Gasteiger partial charge in [0.15, 0.2) is 0 Å². The summed E-state index contributed by atoms with van der Waals surface area (Å²) >= 11 is 1.80. The average Bonchev–Trinajstić information content (AvgIpc) is 3.66. The number of fused-ring (bicyclic) bond motifs is 1. The molecule has 192 valence electrons. The summed E-state index contributed by atoms with van der Waals surface area (Å²) in [6.45, 7) is 11.5. The largest absolute Gasteiger partial charge is 0.357 e. The van der Waals surface area contributed by atoms with Crippen LogP contribution in [0, 0.1) is 13.8 Å². The highest BCUT2D eigenvalue weighted by Crippen LogP contribution is 2.36. The Hall–Kier alpha value is -3.74. The lowest BCUT2D eigenvalue weighted by molar-refractivity contribution is 0.220. The minimum atomic E-state index is 0.925. The lowest BCUT2D eigenvalue weighted by Gasteiger charge is -2.26. The fourth-order valence-corrected chi connectivity index (χ4v) is 6.38. The van der Waals surface area contributed by atoms with E-state index in [4.69, 9.17) is 5.10 Å². The summed E-state index contributed by atoms with van der Waals surface area (Å²) in [7, 11) is 0. The number of rotatable bonds is 7. The first-order valence-electron chi connectivity index (χ1n) is 13.3. The Labute approximate surface area is 228 Å². The Morgan fingerprint density at radius 2 is 1.89 bits per heavy atom. The number of aromatic amines is 2. The molecule has 4 aromatic heterocycles. The third-order valence-electron chi connectivity index (χ3n) is 7.40. The zero-order chi connectivity index (χ0) is 26.1. The molecule has 5 heterocycles. The van der Waals surface area contributed by atoms with Gasteiger partial charge in [-0.1, -0.05) is 31.2 Å². The minimum absolute atomic E-state index is 0.925. The van der Waals surface area contributed by atoms with Gasteiger partial charge < -0.3 is 4.98 Å². The second kappa shape index (κ2) is 10.6. The maximum atomic E-state index is 4.72. The molecular formula is C32H33N5S. The van der Waals surface area contributed by atoms with E-state index in [2.05, 4.69) is 88.9 Å². The Bertz CT molecular complexity index is 1630. The number of likely N-dealkylation sites (tertiary alicyclic amines) is 1. The molecule has 0 amide bonds. The Morgan fingerprint density at radius 3 is 2.68 bits per heavy atom. The third-order valence-corrected chi connectivity index (χ3v) is 8.43. The monoisotopic (exact) mass is 519 g/mol. The summed E-state index contributed by atoms with van der Waals surface area (Å²) in [5.41, 5.74) is 9.96. The zero-order valence-corrected chi connectivity index (χ0v) is 22.9. The third kappa shape index (κ3) is 4.89. The molecular weight excluding hydrogens is 486 g/mol. The number of allylic oxidation sites excluding steroid dienone is 2. The molecule has 0 spiro atoms. The van der Waals surface area contributed by atoms with Crippen molar-refractivity contribution in [2.45, 2.75) is 39.7 Å². The van der Waals surface area contributed by atoms with E-state index in [9.17, 15) is 0 Å². The number of aromatic nitrogens is 4. The SMILES string of the molecule is C=C/C=C(/c1ccc(C)s1)c1cc(-c2n[nH]c3ccc(-c4cncc(CN5CCCCC5)c4)cc23)[nH]c1C. The van der Waals surface area contributed by atoms with Crippen LogP contribution in [0.2, 0.25) is 0 Å². The maximum absolute atomic E-state index is 4.72. The topological polar surface area (TPSA) is 60.6 Å². The van der Waals surface area contributed by atoms with Crippen LogP contribution in [0.3, 0.4) is 0 Å². The number of H-pyrrole nitrogens is 2. The lowest BCUT2D eigenvalue weighted by Crippen LogP contribution is -2.29. The van der Waals surface area contributed by atoms with Crippen molar-refractivity contribution < 1.29 is 0 Å².